The van der Waals surface area contributed by atoms with Gasteiger partial charge in [0.25, 0.3) is 0 Å². The van der Waals surface area contributed by atoms with Crippen molar-refractivity contribution in [2.45, 2.75) is 32.2 Å². The Morgan fingerprint density at radius 3 is 2.80 bits per heavy atom. The smallest absolute Gasteiger partial charge is 0.136 e. The normalized spacial score (nSPS) is 14.8. The first kappa shape index (κ1) is 13.6. The van der Waals surface area contributed by atoms with Crippen LogP contribution in [0.4, 0.5) is 8.78 Å². The molecule has 0 saturated heterocycles. The standard InChI is InChI=1S/C15H16F2N2S/c1-2-18-8-13-14(9-3-4-9)19-15(20-13)11-6-5-10(16)7-12(11)17/h5-7,9,18H,2-4,8H2,1H3. The van der Waals surface area contributed by atoms with Gasteiger partial charge in [-0.2, -0.15) is 0 Å². The van der Waals surface area contributed by atoms with Crippen molar-refractivity contribution in [3.8, 4) is 10.6 Å². The average Bonchev–Trinajstić information content (AvgIpc) is 3.18. The molecular formula is C15H16F2N2S. The highest BCUT2D eigenvalue weighted by molar-refractivity contribution is 7.15. The van der Waals surface area contributed by atoms with Crippen molar-refractivity contribution >= 4 is 11.3 Å². The van der Waals surface area contributed by atoms with Gasteiger partial charge in [0.2, 0.25) is 0 Å². The lowest BCUT2D eigenvalue weighted by Gasteiger charge is -2.00. The van der Waals surface area contributed by atoms with Gasteiger partial charge in [-0.15, -0.1) is 11.3 Å². The lowest BCUT2D eigenvalue weighted by molar-refractivity contribution is 0.585. The number of halogens is 2. The van der Waals surface area contributed by atoms with Gasteiger partial charge in [-0.3, -0.25) is 0 Å². The minimum absolute atomic E-state index is 0.390. The van der Waals surface area contributed by atoms with Crippen LogP contribution < -0.4 is 5.32 Å². The molecule has 0 spiro atoms. The van der Waals surface area contributed by atoms with E-state index in [4.69, 9.17) is 0 Å². The average molecular weight is 294 g/mol. The van der Waals surface area contributed by atoms with Crippen molar-refractivity contribution in [1.82, 2.24) is 10.3 Å². The van der Waals surface area contributed by atoms with Crippen LogP contribution in [-0.2, 0) is 6.54 Å². The molecule has 0 radical (unpaired) electrons. The lowest BCUT2D eigenvalue weighted by Crippen LogP contribution is -2.11. The van der Waals surface area contributed by atoms with Crippen LogP contribution in [0.5, 0.6) is 0 Å². The van der Waals surface area contributed by atoms with Gasteiger partial charge >= 0.3 is 0 Å². The maximum absolute atomic E-state index is 13.9. The Kier molecular flexibility index (Phi) is 3.81. The van der Waals surface area contributed by atoms with Crippen LogP contribution in [0.3, 0.4) is 0 Å². The van der Waals surface area contributed by atoms with Crippen molar-refractivity contribution in [3.05, 3.63) is 40.4 Å². The Morgan fingerprint density at radius 1 is 1.35 bits per heavy atom. The van der Waals surface area contributed by atoms with Crippen LogP contribution in [0.1, 0.15) is 36.3 Å². The van der Waals surface area contributed by atoms with E-state index in [2.05, 4.69) is 17.2 Å². The summed E-state index contributed by atoms with van der Waals surface area (Å²) >= 11 is 1.50. The Hall–Kier alpha value is -1.33. The van der Waals surface area contributed by atoms with Crippen LogP contribution in [0.25, 0.3) is 10.6 Å². The summed E-state index contributed by atoms with van der Waals surface area (Å²) in [4.78, 5) is 5.78. The van der Waals surface area contributed by atoms with E-state index in [1.54, 1.807) is 0 Å². The number of hydrogen-bond donors (Lipinski definition) is 1. The van der Waals surface area contributed by atoms with Gasteiger partial charge in [0.05, 0.1) is 5.69 Å². The molecule has 1 aromatic heterocycles. The van der Waals surface area contributed by atoms with E-state index in [-0.39, 0.29) is 0 Å². The zero-order valence-corrected chi connectivity index (χ0v) is 12.1. The third kappa shape index (κ3) is 2.74. The van der Waals surface area contributed by atoms with E-state index in [0.29, 0.717) is 16.5 Å². The summed E-state index contributed by atoms with van der Waals surface area (Å²) in [5.41, 5.74) is 1.48. The van der Waals surface area contributed by atoms with Crippen LogP contribution in [0, 0.1) is 11.6 Å². The Morgan fingerprint density at radius 2 is 2.15 bits per heavy atom. The molecule has 3 rings (SSSR count). The number of benzene rings is 1. The molecule has 0 unspecified atom stereocenters. The third-order valence-corrected chi connectivity index (χ3v) is 4.49. The second kappa shape index (κ2) is 5.58. The van der Waals surface area contributed by atoms with Gasteiger partial charge < -0.3 is 5.32 Å². The summed E-state index contributed by atoms with van der Waals surface area (Å²) in [7, 11) is 0. The minimum atomic E-state index is -0.557. The first-order valence-corrected chi connectivity index (χ1v) is 7.66. The molecule has 0 bridgehead atoms. The monoisotopic (exact) mass is 294 g/mol. The molecule has 1 fully saturated rings. The van der Waals surface area contributed by atoms with Crippen molar-refractivity contribution in [3.63, 3.8) is 0 Å². The van der Waals surface area contributed by atoms with E-state index in [0.717, 1.165) is 37.7 Å². The zero-order chi connectivity index (χ0) is 14.1. The quantitative estimate of drug-likeness (QED) is 0.899. The molecule has 2 aromatic rings. The molecule has 1 N–H and O–H groups in total. The van der Waals surface area contributed by atoms with Crippen molar-refractivity contribution in [1.29, 1.82) is 0 Å². The van der Waals surface area contributed by atoms with E-state index < -0.39 is 11.6 Å². The third-order valence-electron chi connectivity index (χ3n) is 3.39. The van der Waals surface area contributed by atoms with Crippen molar-refractivity contribution in [2.24, 2.45) is 0 Å². The molecule has 0 aliphatic heterocycles. The van der Waals surface area contributed by atoms with E-state index in [9.17, 15) is 8.78 Å². The van der Waals surface area contributed by atoms with Gasteiger partial charge in [0, 0.05) is 29.0 Å². The molecular weight excluding hydrogens is 278 g/mol. The van der Waals surface area contributed by atoms with E-state index >= 15 is 0 Å². The topological polar surface area (TPSA) is 24.9 Å². The maximum Gasteiger partial charge on any atom is 0.136 e. The maximum atomic E-state index is 13.9. The fourth-order valence-electron chi connectivity index (χ4n) is 2.18. The van der Waals surface area contributed by atoms with Crippen LogP contribution >= 0.6 is 11.3 Å². The Labute approximate surface area is 120 Å². The highest BCUT2D eigenvalue weighted by Crippen LogP contribution is 2.44. The van der Waals surface area contributed by atoms with Gasteiger partial charge in [0.1, 0.15) is 16.6 Å². The summed E-state index contributed by atoms with van der Waals surface area (Å²) < 4.78 is 26.8. The summed E-state index contributed by atoms with van der Waals surface area (Å²) in [6.07, 6.45) is 2.32. The summed E-state index contributed by atoms with van der Waals surface area (Å²) in [6.45, 7) is 3.71. The molecule has 5 heteroatoms. The molecule has 1 aliphatic carbocycles. The lowest BCUT2D eigenvalue weighted by atomic mass is 10.2. The molecule has 1 aliphatic rings. The predicted octanol–water partition coefficient (Wildman–Crippen LogP) is 4.08. The van der Waals surface area contributed by atoms with Crippen LogP contribution in [0.2, 0.25) is 0 Å². The fraction of sp³-hybridized carbons (Fsp3) is 0.400. The highest BCUT2D eigenvalue weighted by atomic mass is 32.1. The summed E-state index contributed by atoms with van der Waals surface area (Å²) in [5.74, 6) is -0.577. The summed E-state index contributed by atoms with van der Waals surface area (Å²) in [6, 6.07) is 3.66. The van der Waals surface area contributed by atoms with Gasteiger partial charge in [0.15, 0.2) is 0 Å². The Balaban J connectivity index is 1.96. The molecule has 0 atom stereocenters. The number of aromatic nitrogens is 1. The largest absolute Gasteiger partial charge is 0.312 e. The zero-order valence-electron chi connectivity index (χ0n) is 11.2. The molecule has 20 heavy (non-hydrogen) atoms. The molecule has 0 amide bonds. The summed E-state index contributed by atoms with van der Waals surface area (Å²) in [5, 5.41) is 3.94. The second-order valence-electron chi connectivity index (χ2n) is 5.01. The van der Waals surface area contributed by atoms with Gasteiger partial charge in [-0.05, 0) is 31.5 Å². The van der Waals surface area contributed by atoms with E-state index in [1.165, 1.54) is 28.3 Å². The minimum Gasteiger partial charge on any atom is -0.312 e. The van der Waals surface area contributed by atoms with Crippen LogP contribution in [-0.4, -0.2) is 11.5 Å². The molecule has 106 valence electrons. The number of rotatable bonds is 5. The predicted molar refractivity (Wildman–Crippen MR) is 76.8 cm³/mol. The SMILES string of the molecule is CCNCc1sc(-c2ccc(F)cc2F)nc1C1CC1. The van der Waals surface area contributed by atoms with Crippen molar-refractivity contribution in [2.75, 3.05) is 6.54 Å². The van der Waals surface area contributed by atoms with Gasteiger partial charge in [-0.1, -0.05) is 6.92 Å². The fourth-order valence-corrected chi connectivity index (χ4v) is 3.33. The first-order valence-electron chi connectivity index (χ1n) is 6.84. The molecule has 1 aromatic carbocycles. The number of nitrogens with zero attached hydrogens (tertiary/aromatic N) is 1. The number of nitrogens with one attached hydrogen (secondary N) is 1. The van der Waals surface area contributed by atoms with Gasteiger partial charge in [-0.25, -0.2) is 13.8 Å². The molecule has 1 saturated carbocycles. The number of hydrogen-bond acceptors (Lipinski definition) is 3. The molecule has 1 heterocycles. The van der Waals surface area contributed by atoms with Crippen LogP contribution in [0.15, 0.2) is 18.2 Å². The van der Waals surface area contributed by atoms with E-state index in [1.807, 2.05) is 0 Å². The highest BCUT2D eigenvalue weighted by Gasteiger charge is 2.30. The first-order chi connectivity index (χ1) is 9.69. The number of thiazole rings is 1. The molecule has 2 nitrogen and oxygen atoms in total. The van der Waals surface area contributed by atoms with Crippen molar-refractivity contribution < 1.29 is 8.78 Å². The Bertz CT molecular complexity index is 620. The second-order valence-corrected chi connectivity index (χ2v) is 6.09.